The number of carbonyl (C=O) groups is 2. The van der Waals surface area contributed by atoms with Gasteiger partial charge in [0.1, 0.15) is 25.8 Å². The maximum absolute atomic E-state index is 14.0. The molecule has 8 nitrogen and oxygen atoms in total. The minimum atomic E-state index is -1.39. The van der Waals surface area contributed by atoms with E-state index in [4.69, 9.17) is 25.9 Å². The Kier molecular flexibility index (Phi) is 9.63. The Balaban J connectivity index is 0.00000176. The third-order valence-corrected chi connectivity index (χ3v) is 5.56. The van der Waals surface area contributed by atoms with Gasteiger partial charge in [-0.25, -0.2) is 18.1 Å². The van der Waals surface area contributed by atoms with Gasteiger partial charge in [0.15, 0.2) is 16.9 Å². The molecule has 1 unspecified atom stereocenters. The Morgan fingerprint density at radius 1 is 1.28 bits per heavy atom. The lowest BCUT2D eigenvalue weighted by atomic mass is 9.93. The summed E-state index contributed by atoms with van der Waals surface area (Å²) in [5.41, 5.74) is 3.37. The van der Waals surface area contributed by atoms with E-state index < -0.39 is 23.9 Å². The molecule has 3 rings (SSSR count). The molecule has 1 amide bonds. The predicted octanol–water partition coefficient (Wildman–Crippen LogP) is 3.44. The van der Waals surface area contributed by atoms with Gasteiger partial charge in [0.2, 0.25) is 0 Å². The average Bonchev–Trinajstić information content (AvgIpc) is 2.81. The number of amides is 1. The van der Waals surface area contributed by atoms with Crippen LogP contribution in [0, 0.1) is 0 Å². The second-order valence-corrected chi connectivity index (χ2v) is 7.93. The van der Waals surface area contributed by atoms with E-state index in [2.05, 4.69) is 14.8 Å². The highest BCUT2D eigenvalue weighted by Crippen LogP contribution is 2.41. The van der Waals surface area contributed by atoms with Gasteiger partial charge in [-0.2, -0.15) is 0 Å². The lowest BCUT2D eigenvalue weighted by Crippen LogP contribution is -2.22. The van der Waals surface area contributed by atoms with Crippen molar-refractivity contribution in [2.75, 3.05) is 32.1 Å². The van der Waals surface area contributed by atoms with Crippen molar-refractivity contribution in [2.45, 2.75) is 6.42 Å². The number of benzene rings is 2. The number of rotatable bonds is 7. The van der Waals surface area contributed by atoms with Gasteiger partial charge in [-0.3, -0.25) is 4.72 Å². The molecule has 0 aromatic heterocycles. The molecule has 0 aliphatic carbocycles. The first-order valence-electron chi connectivity index (χ1n) is 9.32. The number of hydrogen-bond donors (Lipinski definition) is 3. The molecular formula is C21H23ClFN3O5S. The van der Waals surface area contributed by atoms with Crippen LogP contribution in [0.25, 0.3) is 5.57 Å². The summed E-state index contributed by atoms with van der Waals surface area (Å²) in [6.07, 6.45) is -0.212. The van der Waals surface area contributed by atoms with Crippen LogP contribution in [0.5, 0.6) is 11.5 Å². The van der Waals surface area contributed by atoms with E-state index in [1.54, 1.807) is 13.1 Å². The van der Waals surface area contributed by atoms with Crippen molar-refractivity contribution in [3.63, 3.8) is 0 Å². The van der Waals surface area contributed by atoms with Crippen molar-refractivity contribution in [1.82, 2.24) is 10.0 Å². The second-order valence-electron chi connectivity index (χ2n) is 6.37. The molecule has 1 aliphatic heterocycles. The summed E-state index contributed by atoms with van der Waals surface area (Å²) in [6, 6.07) is 10.4. The first-order valence-corrected chi connectivity index (χ1v) is 10.8. The van der Waals surface area contributed by atoms with E-state index in [0.717, 1.165) is 11.1 Å². The molecule has 11 heteroatoms. The van der Waals surface area contributed by atoms with Crippen LogP contribution in [-0.2, 0) is 22.4 Å². The van der Waals surface area contributed by atoms with Crippen molar-refractivity contribution in [3.05, 3.63) is 58.1 Å². The molecule has 32 heavy (non-hydrogen) atoms. The largest absolute Gasteiger partial charge is 0.488 e. The van der Waals surface area contributed by atoms with Gasteiger partial charge in [0.25, 0.3) is 0 Å². The van der Waals surface area contributed by atoms with Crippen molar-refractivity contribution in [2.24, 2.45) is 0 Å². The number of allylic oxidation sites excluding steroid dienone is 1. The Bertz CT molecular complexity index is 1030. The number of hydrogen-bond acceptors (Lipinski definition) is 5. The number of fused-ring (bicyclic) bond motifs is 1. The third-order valence-electron chi connectivity index (χ3n) is 4.47. The van der Waals surface area contributed by atoms with Crippen LogP contribution in [0.15, 0.2) is 42.0 Å². The van der Waals surface area contributed by atoms with Crippen molar-refractivity contribution >= 4 is 46.9 Å². The summed E-state index contributed by atoms with van der Waals surface area (Å²) in [5.74, 6) is 0.530. The number of carbonyl (C=O) groups excluding carboxylic acids is 2. The number of halogens is 2. The summed E-state index contributed by atoms with van der Waals surface area (Å²) in [6.45, 7) is 1.49. The summed E-state index contributed by atoms with van der Waals surface area (Å²) >= 11 is 4.83. The van der Waals surface area contributed by atoms with Gasteiger partial charge in [-0.1, -0.05) is 23.7 Å². The number of nitrogens with one attached hydrogen (secondary N) is 3. The topological polar surface area (TPSA) is 106 Å². The lowest BCUT2D eigenvalue weighted by Gasteiger charge is -2.24. The zero-order valence-electron chi connectivity index (χ0n) is 17.5. The van der Waals surface area contributed by atoms with Gasteiger partial charge in [0, 0.05) is 24.4 Å². The molecule has 3 N–H and O–H groups in total. The van der Waals surface area contributed by atoms with Crippen LogP contribution in [0.4, 0.5) is 14.9 Å². The molecule has 2 aromatic rings. The van der Waals surface area contributed by atoms with E-state index >= 15 is 0 Å². The lowest BCUT2D eigenvalue weighted by molar-refractivity contribution is -0.0980. The third kappa shape index (κ3) is 6.28. The summed E-state index contributed by atoms with van der Waals surface area (Å²) < 4.78 is 41.9. The molecule has 2 aromatic carbocycles. The van der Waals surface area contributed by atoms with Crippen LogP contribution in [0.1, 0.15) is 11.1 Å². The van der Waals surface area contributed by atoms with Gasteiger partial charge >= 0.3 is 6.09 Å². The van der Waals surface area contributed by atoms with Crippen molar-refractivity contribution < 1.29 is 27.7 Å². The molecule has 1 aliphatic rings. The van der Waals surface area contributed by atoms with Crippen molar-refractivity contribution in [3.8, 4) is 11.5 Å². The Morgan fingerprint density at radius 2 is 2.03 bits per heavy atom. The van der Waals surface area contributed by atoms with Gasteiger partial charge in [0.05, 0.1) is 5.02 Å². The van der Waals surface area contributed by atoms with E-state index in [1.807, 2.05) is 25.0 Å². The van der Waals surface area contributed by atoms with Crippen LogP contribution in [0.3, 0.4) is 0 Å². The highest BCUT2D eigenvalue weighted by atomic mass is 35.5. The van der Waals surface area contributed by atoms with Crippen LogP contribution < -0.4 is 24.2 Å². The SMILES string of the molecule is C=O.CNC(=O)Oc1cc2c(cc1Cl)C(CF)=C(Cc1cccc(NS(=O)NC)c1)CO2. The number of anilines is 1. The highest BCUT2D eigenvalue weighted by molar-refractivity contribution is 7.84. The number of ether oxygens (including phenoxy) is 2. The highest BCUT2D eigenvalue weighted by Gasteiger charge is 2.23. The van der Waals surface area contributed by atoms with E-state index in [-0.39, 0.29) is 17.4 Å². The zero-order chi connectivity index (χ0) is 23.7. The molecule has 1 atom stereocenters. The molecule has 172 valence electrons. The molecule has 0 saturated carbocycles. The second kappa shape index (κ2) is 12.2. The Morgan fingerprint density at radius 3 is 2.69 bits per heavy atom. The predicted molar refractivity (Wildman–Crippen MR) is 123 cm³/mol. The van der Waals surface area contributed by atoms with Crippen LogP contribution >= 0.6 is 11.6 Å². The first kappa shape index (κ1) is 25.3. The summed E-state index contributed by atoms with van der Waals surface area (Å²) in [4.78, 5) is 19.5. The summed E-state index contributed by atoms with van der Waals surface area (Å²) in [7, 11) is 3.01. The molecule has 0 bridgehead atoms. The quantitative estimate of drug-likeness (QED) is 0.559. The first-order chi connectivity index (χ1) is 15.4. The maximum Gasteiger partial charge on any atom is 0.412 e. The van der Waals surface area contributed by atoms with Gasteiger partial charge in [-0.15, -0.1) is 0 Å². The normalized spacial score (nSPS) is 13.1. The average molecular weight is 484 g/mol. The minimum absolute atomic E-state index is 0.132. The van der Waals surface area contributed by atoms with Crippen LogP contribution in [0.2, 0.25) is 5.02 Å². The van der Waals surface area contributed by atoms with E-state index in [9.17, 15) is 13.4 Å². The molecule has 0 fully saturated rings. The van der Waals surface area contributed by atoms with Crippen molar-refractivity contribution in [1.29, 1.82) is 0 Å². The van der Waals surface area contributed by atoms with Gasteiger partial charge in [-0.05, 0) is 48.4 Å². The fourth-order valence-electron chi connectivity index (χ4n) is 3.03. The number of alkyl halides is 1. The molecule has 0 spiro atoms. The standard InChI is InChI=1S/C20H21ClFN3O4S.CH2O/c1-23-20(26)29-19-9-18-15(8-17(19)21)16(10-22)13(11-28-18)6-12-4-3-5-14(7-12)25-30(27)24-2;1-2/h3-5,7-9,24-25H,6,10-11H2,1-2H3,(H,23,26);1H2. The monoisotopic (exact) mass is 483 g/mol. The van der Waals surface area contributed by atoms with E-state index in [1.165, 1.54) is 19.2 Å². The maximum atomic E-state index is 14.0. The fraction of sp³-hybridized carbons (Fsp3) is 0.238. The zero-order valence-corrected chi connectivity index (χ0v) is 19.1. The molecule has 1 heterocycles. The fourth-order valence-corrected chi connectivity index (χ4v) is 3.68. The summed E-state index contributed by atoms with van der Waals surface area (Å²) in [5, 5.41) is 2.51. The smallest absolute Gasteiger partial charge is 0.412 e. The van der Waals surface area contributed by atoms with E-state index in [0.29, 0.717) is 29.0 Å². The molecular weight excluding hydrogens is 461 g/mol. The van der Waals surface area contributed by atoms with Gasteiger partial charge < -0.3 is 19.6 Å². The Labute approximate surface area is 192 Å². The van der Waals surface area contributed by atoms with Crippen LogP contribution in [-0.4, -0.2) is 44.5 Å². The molecule has 0 radical (unpaired) electrons. The Hall–Kier alpha value is -2.95. The molecule has 0 saturated heterocycles. The minimum Gasteiger partial charge on any atom is -0.488 e.